The number of hydrogen-bond acceptors (Lipinski definition) is 11. The van der Waals surface area contributed by atoms with E-state index in [1.54, 1.807) is 18.2 Å². The van der Waals surface area contributed by atoms with E-state index in [-0.39, 0.29) is 36.1 Å². The van der Waals surface area contributed by atoms with E-state index in [1.165, 1.54) is 16.9 Å². The van der Waals surface area contributed by atoms with Crippen LogP contribution in [0.4, 0.5) is 21.7 Å². The fourth-order valence-corrected chi connectivity index (χ4v) is 6.42. The Morgan fingerprint density at radius 1 is 1.06 bits per heavy atom. The highest BCUT2D eigenvalue weighted by Gasteiger charge is 2.37. The molecule has 4 aliphatic heterocycles. The minimum absolute atomic E-state index is 0.132. The summed E-state index contributed by atoms with van der Waals surface area (Å²) in [5.74, 6) is 0.535. The molecule has 5 heterocycles. The van der Waals surface area contributed by atoms with Crippen LogP contribution in [0.1, 0.15) is 24.8 Å². The number of carbonyl (C=O) groups excluding carboxylic acids is 2. The van der Waals surface area contributed by atoms with Crippen molar-refractivity contribution in [1.29, 1.82) is 5.26 Å². The molecule has 2 aromatic carbocycles. The predicted molar refractivity (Wildman–Crippen MR) is 170 cm³/mol. The second kappa shape index (κ2) is 13.5. The molecule has 7 rings (SSSR count). The van der Waals surface area contributed by atoms with Crippen molar-refractivity contribution in [3.05, 3.63) is 54.4 Å². The summed E-state index contributed by atoms with van der Waals surface area (Å²) < 4.78 is 26.4. The van der Waals surface area contributed by atoms with Crippen LogP contribution in [0.3, 0.4) is 0 Å². The summed E-state index contributed by atoms with van der Waals surface area (Å²) in [5, 5.41) is 15.7. The monoisotopic (exact) mass is 641 g/mol. The second-order valence-corrected chi connectivity index (χ2v) is 12.2. The molecule has 0 spiro atoms. The van der Waals surface area contributed by atoms with Crippen LogP contribution in [0.15, 0.2) is 48.8 Å². The number of nitrogens with one attached hydrogen (secondary N) is 2. The number of halogens is 1. The molecule has 2 N–H and O–H groups in total. The quantitative estimate of drug-likeness (QED) is 0.373. The molecule has 3 atom stereocenters. The molecule has 0 radical (unpaired) electrons. The summed E-state index contributed by atoms with van der Waals surface area (Å²) in [5.41, 5.74) is 2.80. The Labute approximate surface area is 271 Å². The number of anilines is 3. The third kappa shape index (κ3) is 6.81. The number of piperidine rings is 1. The summed E-state index contributed by atoms with van der Waals surface area (Å²) in [6, 6.07) is 15.2. The lowest BCUT2D eigenvalue weighted by atomic mass is 10.0. The van der Waals surface area contributed by atoms with Gasteiger partial charge in [0.05, 0.1) is 31.4 Å². The zero-order valence-corrected chi connectivity index (χ0v) is 25.8. The minimum atomic E-state index is -1.44. The number of hydrogen-bond donors (Lipinski definition) is 2. The SMILES string of the molecule is N#Cc1cc(-c2ncnc(Nc3ccc(N4CCN(C5COC5)CC4)cc3)n2)ccc1OC1CCN(C(=O)[C@H]2CCC(=O)N2)C[C@@H]1F. The summed E-state index contributed by atoms with van der Waals surface area (Å²) in [7, 11) is 0. The molecule has 13 nitrogen and oxygen atoms in total. The molecule has 0 saturated carbocycles. The zero-order chi connectivity index (χ0) is 32.3. The summed E-state index contributed by atoms with van der Waals surface area (Å²) in [6.45, 7) is 5.87. The van der Waals surface area contributed by atoms with Crippen molar-refractivity contribution in [2.45, 2.75) is 43.6 Å². The molecule has 47 heavy (non-hydrogen) atoms. The Bertz CT molecular complexity index is 1660. The molecule has 1 aromatic heterocycles. The molecule has 4 aliphatic rings. The van der Waals surface area contributed by atoms with Crippen LogP contribution < -0.4 is 20.3 Å². The average Bonchev–Trinajstić information content (AvgIpc) is 3.51. The average molecular weight is 642 g/mol. The van der Waals surface area contributed by atoms with Gasteiger partial charge in [0.1, 0.15) is 30.3 Å². The summed E-state index contributed by atoms with van der Waals surface area (Å²) in [6.07, 6.45) is 0.123. The first-order chi connectivity index (χ1) is 22.9. The third-order valence-corrected chi connectivity index (χ3v) is 9.23. The Balaban J connectivity index is 0.956. The second-order valence-electron chi connectivity index (χ2n) is 12.2. The largest absolute Gasteiger partial charge is 0.486 e. The van der Waals surface area contributed by atoms with Gasteiger partial charge in [0, 0.05) is 62.5 Å². The maximum atomic E-state index is 15.2. The topological polar surface area (TPSA) is 149 Å². The van der Waals surface area contributed by atoms with Gasteiger partial charge in [0.2, 0.25) is 17.8 Å². The normalized spacial score (nSPS) is 23.5. The third-order valence-electron chi connectivity index (χ3n) is 9.23. The first kappa shape index (κ1) is 30.8. The lowest BCUT2D eigenvalue weighted by molar-refractivity contribution is -0.138. The number of likely N-dealkylation sites (tertiary alicyclic amines) is 1. The van der Waals surface area contributed by atoms with Crippen molar-refractivity contribution in [3.63, 3.8) is 0 Å². The molecular weight excluding hydrogens is 605 g/mol. The van der Waals surface area contributed by atoms with E-state index in [0.717, 1.165) is 45.1 Å². The van der Waals surface area contributed by atoms with Crippen LogP contribution in [0.25, 0.3) is 11.4 Å². The number of alkyl halides is 1. The van der Waals surface area contributed by atoms with E-state index in [1.807, 2.05) is 12.1 Å². The molecule has 4 saturated heterocycles. The number of aromatic nitrogens is 3. The first-order valence-corrected chi connectivity index (χ1v) is 16.0. The fraction of sp³-hybridized carbons (Fsp3) is 0.455. The number of amides is 2. The Kier molecular flexibility index (Phi) is 8.82. The van der Waals surface area contributed by atoms with Gasteiger partial charge in [-0.2, -0.15) is 10.2 Å². The van der Waals surface area contributed by atoms with E-state index in [2.05, 4.69) is 53.6 Å². The molecular formula is C33H36FN9O4. The molecule has 2 amide bonds. The van der Waals surface area contributed by atoms with E-state index < -0.39 is 18.3 Å². The standard InChI is InChI=1S/C33H36FN9O4/c34-26-17-43(32(45)27-6-8-30(44)39-27)10-9-29(26)47-28-7-1-21(15-22(28)16-35)31-36-20-37-33(40-31)38-23-2-4-24(5-3-23)41-11-13-42(14-12-41)25-18-46-19-25/h1-5,7,15,20,25-27,29H,6,8-14,17-19H2,(H,39,44)(H,36,37,38,40)/t26-,27+,29?/m0/s1. The maximum absolute atomic E-state index is 15.2. The lowest BCUT2D eigenvalue weighted by Gasteiger charge is -2.43. The number of ether oxygens (including phenoxy) is 2. The minimum Gasteiger partial charge on any atom is -0.486 e. The Morgan fingerprint density at radius 3 is 2.55 bits per heavy atom. The highest BCUT2D eigenvalue weighted by molar-refractivity contribution is 5.90. The van der Waals surface area contributed by atoms with Crippen LogP contribution in [0, 0.1) is 11.3 Å². The van der Waals surface area contributed by atoms with Crippen molar-refractivity contribution in [3.8, 4) is 23.2 Å². The number of carbonyl (C=O) groups is 2. The molecule has 0 bridgehead atoms. The molecule has 4 fully saturated rings. The molecule has 14 heteroatoms. The first-order valence-electron chi connectivity index (χ1n) is 16.0. The Hall–Kier alpha value is -4.87. The molecule has 0 aliphatic carbocycles. The van der Waals surface area contributed by atoms with E-state index >= 15 is 4.39 Å². The molecule has 244 valence electrons. The fourth-order valence-electron chi connectivity index (χ4n) is 6.42. The highest BCUT2D eigenvalue weighted by atomic mass is 19.1. The van der Waals surface area contributed by atoms with Gasteiger partial charge in [0.25, 0.3) is 0 Å². The number of nitriles is 1. The highest BCUT2D eigenvalue weighted by Crippen LogP contribution is 2.29. The van der Waals surface area contributed by atoms with Gasteiger partial charge < -0.3 is 29.9 Å². The van der Waals surface area contributed by atoms with Gasteiger partial charge >= 0.3 is 0 Å². The van der Waals surface area contributed by atoms with Crippen molar-refractivity contribution in [2.24, 2.45) is 0 Å². The van der Waals surface area contributed by atoms with Crippen molar-refractivity contribution in [1.82, 2.24) is 30.1 Å². The maximum Gasteiger partial charge on any atom is 0.245 e. The van der Waals surface area contributed by atoms with E-state index in [0.29, 0.717) is 42.8 Å². The number of nitrogens with zero attached hydrogens (tertiary/aromatic N) is 7. The zero-order valence-electron chi connectivity index (χ0n) is 25.8. The van der Waals surface area contributed by atoms with Crippen molar-refractivity contribution < 1.29 is 23.5 Å². The molecule has 3 aromatic rings. The molecule has 1 unspecified atom stereocenters. The number of benzene rings is 2. The van der Waals surface area contributed by atoms with Gasteiger partial charge in [-0.15, -0.1) is 0 Å². The van der Waals surface area contributed by atoms with Gasteiger partial charge in [-0.05, 0) is 48.9 Å². The van der Waals surface area contributed by atoms with Crippen molar-refractivity contribution >= 4 is 29.1 Å². The summed E-state index contributed by atoms with van der Waals surface area (Å²) in [4.78, 5) is 43.6. The number of rotatable bonds is 8. The smallest absolute Gasteiger partial charge is 0.245 e. The summed E-state index contributed by atoms with van der Waals surface area (Å²) >= 11 is 0. The van der Waals surface area contributed by atoms with Crippen LogP contribution >= 0.6 is 0 Å². The number of piperazine rings is 1. The van der Waals surface area contributed by atoms with Crippen molar-refractivity contribution in [2.75, 3.05) is 62.7 Å². The van der Waals surface area contributed by atoms with Gasteiger partial charge in [0.15, 0.2) is 12.0 Å². The van der Waals surface area contributed by atoms with Gasteiger partial charge in [-0.3, -0.25) is 14.5 Å². The van der Waals surface area contributed by atoms with Crippen LogP contribution in [0.2, 0.25) is 0 Å². The van der Waals surface area contributed by atoms with E-state index in [9.17, 15) is 14.9 Å². The lowest BCUT2D eigenvalue weighted by Crippen LogP contribution is -2.56. The van der Waals surface area contributed by atoms with Crippen LogP contribution in [0.5, 0.6) is 5.75 Å². The predicted octanol–water partition coefficient (Wildman–Crippen LogP) is 2.27. The van der Waals surface area contributed by atoms with Gasteiger partial charge in [-0.1, -0.05) is 0 Å². The Morgan fingerprint density at radius 2 is 1.87 bits per heavy atom. The van der Waals surface area contributed by atoms with Crippen LogP contribution in [-0.2, 0) is 14.3 Å². The van der Waals surface area contributed by atoms with Crippen LogP contribution in [-0.4, -0.2) is 113 Å². The van der Waals surface area contributed by atoms with E-state index in [4.69, 9.17) is 9.47 Å². The van der Waals surface area contributed by atoms with Gasteiger partial charge in [-0.25, -0.2) is 14.4 Å².